The molecule has 7 heteroatoms. The molecule has 2 aliphatic heterocycles. The van der Waals surface area contributed by atoms with Gasteiger partial charge in [-0.15, -0.1) is 0 Å². The first kappa shape index (κ1) is 14.0. The highest BCUT2D eigenvalue weighted by molar-refractivity contribution is 6.05. The van der Waals surface area contributed by atoms with Gasteiger partial charge in [0.25, 0.3) is 0 Å². The van der Waals surface area contributed by atoms with Crippen molar-refractivity contribution < 1.29 is 19.1 Å². The van der Waals surface area contributed by atoms with Gasteiger partial charge in [-0.1, -0.05) is 0 Å². The maximum Gasteiger partial charge on any atom is 0.246 e. The zero-order valence-corrected chi connectivity index (χ0v) is 11.2. The third kappa shape index (κ3) is 2.93. The molecule has 0 aromatic rings. The zero-order valence-electron chi connectivity index (χ0n) is 11.2. The van der Waals surface area contributed by atoms with Gasteiger partial charge in [0.1, 0.15) is 0 Å². The zero-order chi connectivity index (χ0) is 14.0. The van der Waals surface area contributed by atoms with E-state index in [1.165, 1.54) is 7.05 Å². The third-order valence-electron chi connectivity index (χ3n) is 3.53. The quantitative estimate of drug-likeness (QED) is 0.636. The number of imide groups is 1. The monoisotopic (exact) mass is 269 g/mol. The summed E-state index contributed by atoms with van der Waals surface area (Å²) in [6.07, 6.45) is 0.121. The Hall–Kier alpha value is -1.47. The minimum absolute atomic E-state index is 0.0573. The average molecular weight is 269 g/mol. The normalized spacial score (nSPS) is 25.9. The van der Waals surface area contributed by atoms with E-state index in [1.54, 1.807) is 11.8 Å². The molecule has 0 aliphatic carbocycles. The summed E-state index contributed by atoms with van der Waals surface area (Å²) in [4.78, 5) is 38.1. The molecule has 0 aromatic heterocycles. The lowest BCUT2D eigenvalue weighted by atomic mass is 10.2. The second kappa shape index (κ2) is 5.66. The van der Waals surface area contributed by atoms with Gasteiger partial charge >= 0.3 is 0 Å². The molecule has 0 saturated carbocycles. The summed E-state index contributed by atoms with van der Waals surface area (Å²) in [5.74, 6) is -0.543. The van der Waals surface area contributed by atoms with Crippen LogP contribution in [0.4, 0.5) is 0 Å². The van der Waals surface area contributed by atoms with E-state index < -0.39 is 12.1 Å². The second-order valence-corrected chi connectivity index (χ2v) is 4.87. The minimum Gasteiger partial charge on any atom is -0.378 e. The van der Waals surface area contributed by atoms with Crippen LogP contribution < -0.4 is 5.32 Å². The Bertz CT molecular complexity index is 392. The fourth-order valence-corrected chi connectivity index (χ4v) is 2.32. The first-order chi connectivity index (χ1) is 9.00. The first-order valence-corrected chi connectivity index (χ1v) is 6.43. The molecule has 2 rings (SSSR count). The number of rotatable bonds is 3. The van der Waals surface area contributed by atoms with Crippen LogP contribution in [0.5, 0.6) is 0 Å². The lowest BCUT2D eigenvalue weighted by Crippen LogP contribution is -2.52. The Morgan fingerprint density at radius 1 is 1.37 bits per heavy atom. The molecule has 2 saturated heterocycles. The van der Waals surface area contributed by atoms with Gasteiger partial charge in [-0.3, -0.25) is 24.6 Å². The molecule has 0 spiro atoms. The smallest absolute Gasteiger partial charge is 0.246 e. The molecule has 1 N–H and O–H groups in total. The maximum absolute atomic E-state index is 12.2. The highest BCUT2D eigenvalue weighted by Gasteiger charge is 2.37. The molecule has 2 fully saturated rings. The van der Waals surface area contributed by atoms with Gasteiger partial charge in [-0.2, -0.15) is 0 Å². The van der Waals surface area contributed by atoms with E-state index in [9.17, 15) is 14.4 Å². The predicted molar refractivity (Wildman–Crippen MR) is 66.2 cm³/mol. The van der Waals surface area contributed by atoms with Crippen molar-refractivity contribution in [3.05, 3.63) is 0 Å². The minimum atomic E-state index is -0.586. The fraction of sp³-hybridized carbons (Fsp3) is 0.750. The Morgan fingerprint density at radius 2 is 2.00 bits per heavy atom. The molecule has 19 heavy (non-hydrogen) atoms. The van der Waals surface area contributed by atoms with Crippen LogP contribution in [0.3, 0.4) is 0 Å². The molecule has 0 bridgehead atoms. The van der Waals surface area contributed by atoms with Gasteiger partial charge < -0.3 is 9.64 Å². The molecule has 0 aromatic carbocycles. The highest BCUT2D eigenvalue weighted by atomic mass is 16.5. The van der Waals surface area contributed by atoms with E-state index in [2.05, 4.69) is 5.32 Å². The van der Waals surface area contributed by atoms with Crippen molar-refractivity contribution >= 4 is 17.7 Å². The highest BCUT2D eigenvalue weighted by Crippen LogP contribution is 2.12. The number of carbonyl (C=O) groups is 3. The van der Waals surface area contributed by atoms with E-state index in [0.717, 1.165) is 4.90 Å². The van der Waals surface area contributed by atoms with Gasteiger partial charge in [0, 0.05) is 20.1 Å². The molecule has 2 atom stereocenters. The van der Waals surface area contributed by atoms with Crippen molar-refractivity contribution in [1.29, 1.82) is 0 Å². The van der Waals surface area contributed by atoms with Crippen LogP contribution in [0.1, 0.15) is 13.3 Å². The molecular formula is C12H19N3O4. The van der Waals surface area contributed by atoms with Crippen molar-refractivity contribution in [3.8, 4) is 0 Å². The molecule has 0 radical (unpaired) electrons. The summed E-state index contributed by atoms with van der Waals surface area (Å²) >= 11 is 0. The summed E-state index contributed by atoms with van der Waals surface area (Å²) < 4.78 is 5.19. The summed E-state index contributed by atoms with van der Waals surface area (Å²) in [6.45, 7) is 3.95. The standard InChI is InChI=1S/C12H19N3O4/c1-8(11(17)15-3-5-19-6-4-15)13-9-7-10(16)14(2)12(9)18/h8-9,13H,3-7H2,1-2H3. The summed E-state index contributed by atoms with van der Waals surface area (Å²) in [6, 6.07) is -1.07. The first-order valence-electron chi connectivity index (χ1n) is 6.43. The van der Waals surface area contributed by atoms with Crippen LogP contribution in [0, 0.1) is 0 Å². The predicted octanol–water partition coefficient (Wildman–Crippen LogP) is -1.42. The number of nitrogens with one attached hydrogen (secondary N) is 1. The van der Waals surface area contributed by atoms with E-state index in [0.29, 0.717) is 26.3 Å². The van der Waals surface area contributed by atoms with E-state index in [-0.39, 0.29) is 24.1 Å². The van der Waals surface area contributed by atoms with Crippen LogP contribution in [-0.4, -0.2) is 73.0 Å². The van der Waals surface area contributed by atoms with Crippen molar-refractivity contribution in [2.45, 2.75) is 25.4 Å². The number of carbonyl (C=O) groups excluding carboxylic acids is 3. The number of nitrogens with zero attached hydrogens (tertiary/aromatic N) is 2. The average Bonchev–Trinajstić information content (AvgIpc) is 2.66. The summed E-state index contributed by atoms with van der Waals surface area (Å²) in [7, 11) is 1.46. The van der Waals surface area contributed by atoms with Gasteiger partial charge in [-0.25, -0.2) is 0 Å². The summed E-state index contributed by atoms with van der Waals surface area (Å²) in [5, 5.41) is 2.94. The topological polar surface area (TPSA) is 79.0 Å². The lowest BCUT2D eigenvalue weighted by Gasteiger charge is -2.30. The molecule has 2 aliphatic rings. The number of amides is 3. The van der Waals surface area contributed by atoms with Crippen molar-refractivity contribution in [2.24, 2.45) is 0 Å². The molecular weight excluding hydrogens is 250 g/mol. The number of ether oxygens (including phenoxy) is 1. The van der Waals surface area contributed by atoms with E-state index in [4.69, 9.17) is 4.74 Å². The van der Waals surface area contributed by atoms with Crippen molar-refractivity contribution in [1.82, 2.24) is 15.1 Å². The van der Waals surface area contributed by atoms with Crippen LogP contribution in [0.25, 0.3) is 0 Å². The molecule has 2 unspecified atom stereocenters. The Kier molecular flexibility index (Phi) is 4.16. The number of hydrogen-bond acceptors (Lipinski definition) is 5. The number of likely N-dealkylation sites (N-methyl/N-ethyl adjacent to an activating group) is 1. The number of hydrogen-bond donors (Lipinski definition) is 1. The Labute approximate surface area is 111 Å². The van der Waals surface area contributed by atoms with Crippen LogP contribution in [0.15, 0.2) is 0 Å². The van der Waals surface area contributed by atoms with Gasteiger partial charge in [0.05, 0.1) is 31.7 Å². The fourth-order valence-electron chi connectivity index (χ4n) is 2.32. The number of likely N-dealkylation sites (tertiary alicyclic amines) is 1. The SMILES string of the molecule is CC(NC1CC(=O)N(C)C1=O)C(=O)N1CCOCC1. The van der Waals surface area contributed by atoms with Gasteiger partial charge in [0.15, 0.2) is 0 Å². The summed E-state index contributed by atoms with van der Waals surface area (Å²) in [5.41, 5.74) is 0. The molecule has 3 amide bonds. The van der Waals surface area contributed by atoms with Gasteiger partial charge in [-0.05, 0) is 6.92 Å². The van der Waals surface area contributed by atoms with Crippen molar-refractivity contribution in [2.75, 3.05) is 33.4 Å². The molecule has 2 heterocycles. The largest absolute Gasteiger partial charge is 0.378 e. The van der Waals surface area contributed by atoms with E-state index in [1.807, 2.05) is 0 Å². The molecule has 7 nitrogen and oxygen atoms in total. The van der Waals surface area contributed by atoms with Crippen LogP contribution >= 0.6 is 0 Å². The Balaban J connectivity index is 1.90. The van der Waals surface area contributed by atoms with Gasteiger partial charge in [0.2, 0.25) is 17.7 Å². The van der Waals surface area contributed by atoms with Crippen LogP contribution in [-0.2, 0) is 19.1 Å². The van der Waals surface area contributed by atoms with Crippen LogP contribution in [0.2, 0.25) is 0 Å². The maximum atomic E-state index is 12.2. The second-order valence-electron chi connectivity index (χ2n) is 4.87. The number of morpholine rings is 1. The third-order valence-corrected chi connectivity index (χ3v) is 3.53. The van der Waals surface area contributed by atoms with E-state index >= 15 is 0 Å². The Morgan fingerprint density at radius 3 is 2.53 bits per heavy atom. The van der Waals surface area contributed by atoms with Crippen molar-refractivity contribution in [3.63, 3.8) is 0 Å². The lowest BCUT2D eigenvalue weighted by molar-refractivity contribution is -0.138. The molecule has 106 valence electrons.